The molecule has 4 nitrogen and oxygen atoms in total. The van der Waals surface area contributed by atoms with E-state index < -0.39 is 6.04 Å². The van der Waals surface area contributed by atoms with Crippen molar-refractivity contribution in [1.29, 1.82) is 0 Å². The monoisotopic (exact) mass is 350 g/mol. The standard InChI is InChI=1S/C20H18N2O2S/c1-13-6-5-7-14(10-13)11-22-12-16(15-8-3-4-9-17(15)22)18-19(23)25-20(24)21(18)2/h3-10,12,18H,11H2,1-2H3. The van der Waals surface area contributed by atoms with Crippen LogP contribution >= 0.6 is 11.8 Å². The van der Waals surface area contributed by atoms with Gasteiger partial charge in [0.2, 0.25) is 5.12 Å². The largest absolute Gasteiger partial charge is 0.343 e. The Morgan fingerprint density at radius 1 is 1.08 bits per heavy atom. The number of aromatic nitrogens is 1. The molecule has 3 aromatic rings. The second kappa shape index (κ2) is 6.08. The number of carbonyl (C=O) groups excluding carboxylic acids is 2. The SMILES string of the molecule is Cc1cccc(Cn2cc(C3C(=O)SC(=O)N3C)c3ccccc32)c1. The Morgan fingerprint density at radius 3 is 2.60 bits per heavy atom. The third kappa shape index (κ3) is 2.74. The van der Waals surface area contributed by atoms with Gasteiger partial charge < -0.3 is 9.47 Å². The lowest BCUT2D eigenvalue weighted by Crippen LogP contribution is -2.23. The van der Waals surface area contributed by atoms with Gasteiger partial charge in [-0.1, -0.05) is 48.0 Å². The maximum Gasteiger partial charge on any atom is 0.289 e. The Bertz CT molecular complexity index is 992. The summed E-state index contributed by atoms with van der Waals surface area (Å²) < 4.78 is 2.16. The van der Waals surface area contributed by atoms with Crippen molar-refractivity contribution in [2.75, 3.05) is 7.05 Å². The van der Waals surface area contributed by atoms with E-state index in [4.69, 9.17) is 0 Å². The van der Waals surface area contributed by atoms with Gasteiger partial charge in [0.1, 0.15) is 6.04 Å². The maximum absolute atomic E-state index is 12.3. The minimum Gasteiger partial charge on any atom is -0.343 e. The molecule has 5 heteroatoms. The van der Waals surface area contributed by atoms with E-state index in [-0.39, 0.29) is 10.4 Å². The van der Waals surface area contributed by atoms with Gasteiger partial charge in [0.15, 0.2) is 0 Å². The van der Waals surface area contributed by atoms with Gasteiger partial charge in [0, 0.05) is 48.0 Å². The highest BCUT2D eigenvalue weighted by atomic mass is 32.2. The van der Waals surface area contributed by atoms with Crippen molar-refractivity contribution in [3.05, 3.63) is 71.4 Å². The summed E-state index contributed by atoms with van der Waals surface area (Å²) in [4.78, 5) is 25.8. The zero-order valence-electron chi connectivity index (χ0n) is 14.1. The zero-order valence-corrected chi connectivity index (χ0v) is 14.9. The van der Waals surface area contributed by atoms with Gasteiger partial charge in [-0.05, 0) is 18.6 Å². The number of benzene rings is 2. The molecule has 1 unspecified atom stereocenters. The molecule has 1 aliphatic rings. The van der Waals surface area contributed by atoms with Gasteiger partial charge in [0.25, 0.3) is 5.24 Å². The van der Waals surface area contributed by atoms with Crippen LogP contribution in [0, 0.1) is 6.92 Å². The van der Waals surface area contributed by atoms with E-state index in [0.29, 0.717) is 0 Å². The van der Waals surface area contributed by atoms with Crippen molar-refractivity contribution in [2.24, 2.45) is 0 Å². The fourth-order valence-electron chi connectivity index (χ4n) is 3.44. The highest BCUT2D eigenvalue weighted by Crippen LogP contribution is 2.39. The molecule has 126 valence electrons. The Morgan fingerprint density at radius 2 is 1.88 bits per heavy atom. The van der Waals surface area contributed by atoms with E-state index in [2.05, 4.69) is 41.8 Å². The zero-order chi connectivity index (χ0) is 17.6. The van der Waals surface area contributed by atoms with Crippen molar-refractivity contribution in [3.63, 3.8) is 0 Å². The Kier molecular flexibility index (Phi) is 3.88. The summed E-state index contributed by atoms with van der Waals surface area (Å²) in [5.41, 5.74) is 4.41. The van der Waals surface area contributed by atoms with Crippen molar-refractivity contribution in [2.45, 2.75) is 19.5 Å². The Labute approximate surface area is 150 Å². The predicted molar refractivity (Wildman–Crippen MR) is 101 cm³/mol. The molecule has 0 N–H and O–H groups in total. The number of amides is 1. The number of para-hydroxylation sites is 1. The Balaban J connectivity index is 1.82. The number of rotatable bonds is 3. The summed E-state index contributed by atoms with van der Waals surface area (Å²) in [6.45, 7) is 2.81. The molecule has 1 saturated heterocycles. The van der Waals surface area contributed by atoms with Gasteiger partial charge >= 0.3 is 0 Å². The van der Waals surface area contributed by atoms with Crippen LogP contribution in [-0.4, -0.2) is 26.9 Å². The number of carbonyl (C=O) groups is 2. The number of hydrogen-bond acceptors (Lipinski definition) is 3. The Hall–Kier alpha value is -2.53. The fraction of sp³-hybridized carbons (Fsp3) is 0.200. The lowest BCUT2D eigenvalue weighted by atomic mass is 10.1. The topological polar surface area (TPSA) is 42.3 Å². The van der Waals surface area contributed by atoms with E-state index in [0.717, 1.165) is 34.8 Å². The number of likely N-dealkylation sites (N-methyl/N-ethyl adjacent to an activating group) is 1. The molecule has 0 saturated carbocycles. The second-order valence-electron chi connectivity index (χ2n) is 6.42. The molecule has 0 radical (unpaired) electrons. The number of hydrogen-bond donors (Lipinski definition) is 0. The molecule has 4 rings (SSSR count). The first-order valence-corrected chi connectivity index (χ1v) is 8.98. The number of fused-ring (bicyclic) bond motifs is 1. The van der Waals surface area contributed by atoms with Crippen LogP contribution in [0.15, 0.2) is 54.7 Å². The van der Waals surface area contributed by atoms with Gasteiger partial charge in [-0.3, -0.25) is 9.59 Å². The number of nitrogens with zero attached hydrogens (tertiary/aromatic N) is 2. The van der Waals surface area contributed by atoms with E-state index in [1.807, 2.05) is 24.4 Å². The first kappa shape index (κ1) is 16.0. The van der Waals surface area contributed by atoms with E-state index in [1.54, 1.807) is 7.05 Å². The molecule has 1 aromatic heterocycles. The summed E-state index contributed by atoms with van der Waals surface area (Å²) in [6, 6.07) is 15.9. The highest BCUT2D eigenvalue weighted by Gasteiger charge is 2.39. The highest BCUT2D eigenvalue weighted by molar-refractivity contribution is 8.26. The summed E-state index contributed by atoms with van der Waals surface area (Å²) >= 11 is 0.794. The van der Waals surface area contributed by atoms with Gasteiger partial charge in [0.05, 0.1) is 0 Å². The van der Waals surface area contributed by atoms with Crippen LogP contribution in [0.4, 0.5) is 4.79 Å². The summed E-state index contributed by atoms with van der Waals surface area (Å²) in [5.74, 6) is 0. The normalized spacial score (nSPS) is 17.7. The van der Waals surface area contributed by atoms with Crippen molar-refractivity contribution in [3.8, 4) is 0 Å². The van der Waals surface area contributed by atoms with Crippen LogP contribution in [0.3, 0.4) is 0 Å². The fourth-order valence-corrected chi connectivity index (χ4v) is 4.26. The first-order valence-electron chi connectivity index (χ1n) is 8.16. The van der Waals surface area contributed by atoms with E-state index in [1.165, 1.54) is 16.0 Å². The summed E-state index contributed by atoms with van der Waals surface area (Å²) in [6.07, 6.45) is 2.02. The van der Waals surface area contributed by atoms with Crippen molar-refractivity contribution in [1.82, 2.24) is 9.47 Å². The molecule has 0 bridgehead atoms. The maximum atomic E-state index is 12.3. The number of aryl methyl sites for hydroxylation is 1. The lowest BCUT2D eigenvalue weighted by molar-refractivity contribution is -0.113. The summed E-state index contributed by atoms with van der Waals surface area (Å²) in [7, 11) is 1.69. The van der Waals surface area contributed by atoms with Crippen LogP contribution in [0.1, 0.15) is 22.7 Å². The van der Waals surface area contributed by atoms with E-state index >= 15 is 0 Å². The molecule has 25 heavy (non-hydrogen) atoms. The van der Waals surface area contributed by atoms with Crippen LogP contribution < -0.4 is 0 Å². The lowest BCUT2D eigenvalue weighted by Gasteiger charge is -2.16. The van der Waals surface area contributed by atoms with Crippen LogP contribution in [-0.2, 0) is 11.3 Å². The molecule has 1 aliphatic heterocycles. The third-order valence-corrected chi connectivity index (χ3v) is 5.52. The minimum absolute atomic E-state index is 0.106. The van der Waals surface area contributed by atoms with Crippen LogP contribution in [0.5, 0.6) is 0 Å². The van der Waals surface area contributed by atoms with Crippen molar-refractivity contribution < 1.29 is 9.59 Å². The molecule has 2 heterocycles. The van der Waals surface area contributed by atoms with Crippen molar-refractivity contribution >= 4 is 33.0 Å². The third-order valence-electron chi connectivity index (χ3n) is 4.64. The average Bonchev–Trinajstić information content (AvgIpc) is 3.05. The second-order valence-corrected chi connectivity index (χ2v) is 7.37. The van der Waals surface area contributed by atoms with Gasteiger partial charge in [-0.15, -0.1) is 0 Å². The molecule has 0 aliphatic carbocycles. The molecule has 1 fully saturated rings. The molecule has 0 spiro atoms. The predicted octanol–water partition coefficient (Wildman–Crippen LogP) is 4.36. The van der Waals surface area contributed by atoms with Gasteiger partial charge in [-0.25, -0.2) is 0 Å². The summed E-state index contributed by atoms with van der Waals surface area (Å²) in [5, 5.41) is 0.729. The smallest absolute Gasteiger partial charge is 0.289 e. The number of thioether (sulfide) groups is 1. The van der Waals surface area contributed by atoms with Crippen LogP contribution in [0.25, 0.3) is 10.9 Å². The first-order chi connectivity index (χ1) is 12.0. The molecular formula is C20H18N2O2S. The van der Waals surface area contributed by atoms with Crippen LogP contribution in [0.2, 0.25) is 0 Å². The molecular weight excluding hydrogens is 332 g/mol. The molecule has 1 atom stereocenters. The molecule has 2 aromatic carbocycles. The quantitative estimate of drug-likeness (QED) is 0.705. The van der Waals surface area contributed by atoms with E-state index in [9.17, 15) is 9.59 Å². The van der Waals surface area contributed by atoms with Gasteiger partial charge in [-0.2, -0.15) is 0 Å². The molecule has 1 amide bonds. The minimum atomic E-state index is -0.513. The average molecular weight is 350 g/mol.